The van der Waals surface area contributed by atoms with Crippen LogP contribution in [0.5, 0.6) is 5.88 Å². The number of ether oxygens (including phenoxy) is 1. The zero-order valence-electron chi connectivity index (χ0n) is 7.36. The molecule has 4 heteroatoms. The summed E-state index contributed by atoms with van der Waals surface area (Å²) in [5.74, 6) is -0.279. The van der Waals surface area contributed by atoms with E-state index in [0.29, 0.717) is 12.3 Å². The number of rotatable bonds is 4. The van der Waals surface area contributed by atoms with Crippen molar-refractivity contribution in [2.24, 2.45) is 0 Å². The third-order valence-corrected chi connectivity index (χ3v) is 1.64. The Labute approximate surface area is 76.2 Å². The molecule has 1 aromatic rings. The number of carboxylic acids is 1. The molecule has 0 aromatic carbocycles. The lowest BCUT2D eigenvalue weighted by molar-refractivity contribution is -0.136. The predicted molar refractivity (Wildman–Crippen MR) is 46.7 cm³/mol. The van der Waals surface area contributed by atoms with Gasteiger partial charge in [0.15, 0.2) is 0 Å². The van der Waals surface area contributed by atoms with Crippen LogP contribution in [-0.2, 0) is 11.2 Å². The van der Waals surface area contributed by atoms with E-state index in [4.69, 9.17) is 9.84 Å². The van der Waals surface area contributed by atoms with Gasteiger partial charge in [-0.2, -0.15) is 0 Å². The van der Waals surface area contributed by atoms with E-state index >= 15 is 0 Å². The van der Waals surface area contributed by atoms with E-state index in [1.54, 1.807) is 18.3 Å². The fourth-order valence-corrected chi connectivity index (χ4v) is 0.969. The van der Waals surface area contributed by atoms with Crippen LogP contribution >= 0.6 is 0 Å². The van der Waals surface area contributed by atoms with Crippen molar-refractivity contribution in [3.63, 3.8) is 0 Å². The number of hydrogen-bond donors (Lipinski definition) is 1. The van der Waals surface area contributed by atoms with Gasteiger partial charge in [-0.25, -0.2) is 4.98 Å². The second kappa shape index (κ2) is 4.45. The first kappa shape index (κ1) is 9.51. The minimum absolute atomic E-state index is 0.132. The molecule has 0 bridgehead atoms. The number of methoxy groups -OCH3 is 1. The SMILES string of the molecule is COc1cc(CCC(=O)O)ccn1. The van der Waals surface area contributed by atoms with Crippen molar-refractivity contribution < 1.29 is 14.6 Å². The second-order valence-electron chi connectivity index (χ2n) is 2.60. The van der Waals surface area contributed by atoms with Crippen LogP contribution in [0.1, 0.15) is 12.0 Å². The van der Waals surface area contributed by atoms with Crippen molar-refractivity contribution in [1.29, 1.82) is 0 Å². The van der Waals surface area contributed by atoms with Crippen molar-refractivity contribution in [3.05, 3.63) is 23.9 Å². The maximum absolute atomic E-state index is 10.3. The molecule has 0 aliphatic rings. The number of aryl methyl sites for hydroxylation is 1. The van der Waals surface area contributed by atoms with Crippen LogP contribution in [0.15, 0.2) is 18.3 Å². The van der Waals surface area contributed by atoms with Crippen LogP contribution in [0.2, 0.25) is 0 Å². The molecule has 0 radical (unpaired) electrons. The number of carboxylic acid groups (broad SMARTS) is 1. The first-order valence-electron chi connectivity index (χ1n) is 3.93. The summed E-state index contributed by atoms with van der Waals surface area (Å²) in [6.45, 7) is 0. The molecule has 0 aliphatic carbocycles. The highest BCUT2D eigenvalue weighted by molar-refractivity contribution is 5.67. The number of nitrogens with zero attached hydrogens (tertiary/aromatic N) is 1. The van der Waals surface area contributed by atoms with Gasteiger partial charge in [-0.3, -0.25) is 4.79 Å². The molecule has 0 atom stereocenters. The molecule has 0 unspecified atom stereocenters. The molecule has 1 rings (SSSR count). The Balaban J connectivity index is 2.61. The Kier molecular flexibility index (Phi) is 3.25. The standard InChI is InChI=1S/C9H11NO3/c1-13-8-6-7(4-5-10-8)2-3-9(11)12/h4-6H,2-3H2,1H3,(H,11,12). The summed E-state index contributed by atoms with van der Waals surface area (Å²) in [4.78, 5) is 14.2. The zero-order chi connectivity index (χ0) is 9.68. The van der Waals surface area contributed by atoms with Crippen LogP contribution in [0.25, 0.3) is 0 Å². The summed E-state index contributed by atoms with van der Waals surface area (Å²) in [5.41, 5.74) is 0.925. The van der Waals surface area contributed by atoms with Gasteiger partial charge in [-0.15, -0.1) is 0 Å². The fraction of sp³-hybridized carbons (Fsp3) is 0.333. The molecule has 13 heavy (non-hydrogen) atoms. The first-order chi connectivity index (χ1) is 6.22. The van der Waals surface area contributed by atoms with Gasteiger partial charge >= 0.3 is 5.97 Å². The number of hydrogen-bond acceptors (Lipinski definition) is 3. The lowest BCUT2D eigenvalue weighted by atomic mass is 10.1. The normalized spacial score (nSPS) is 9.62. The van der Waals surface area contributed by atoms with Crippen molar-refractivity contribution in [1.82, 2.24) is 4.98 Å². The number of carbonyl (C=O) groups is 1. The van der Waals surface area contributed by atoms with Crippen LogP contribution in [0.3, 0.4) is 0 Å². The van der Waals surface area contributed by atoms with E-state index in [0.717, 1.165) is 5.56 Å². The summed E-state index contributed by atoms with van der Waals surface area (Å²) in [5, 5.41) is 8.45. The Bertz CT molecular complexity index is 299. The molecule has 1 aromatic heterocycles. The third kappa shape index (κ3) is 3.11. The topological polar surface area (TPSA) is 59.4 Å². The highest BCUT2D eigenvalue weighted by atomic mass is 16.5. The predicted octanol–water partition coefficient (Wildman–Crippen LogP) is 1.11. The summed E-state index contributed by atoms with van der Waals surface area (Å²) in [7, 11) is 1.53. The lowest BCUT2D eigenvalue weighted by Gasteiger charge is -2.01. The largest absolute Gasteiger partial charge is 0.481 e. The smallest absolute Gasteiger partial charge is 0.303 e. The molecular formula is C9H11NO3. The third-order valence-electron chi connectivity index (χ3n) is 1.64. The number of aliphatic carboxylic acids is 1. The molecule has 0 aliphatic heterocycles. The molecule has 0 fully saturated rings. The first-order valence-corrected chi connectivity index (χ1v) is 3.93. The van der Waals surface area contributed by atoms with Gasteiger partial charge in [0, 0.05) is 18.7 Å². The van der Waals surface area contributed by atoms with Gasteiger partial charge in [0.1, 0.15) is 0 Å². The minimum Gasteiger partial charge on any atom is -0.481 e. The molecule has 0 amide bonds. The Morgan fingerprint density at radius 2 is 2.46 bits per heavy atom. The summed E-state index contributed by atoms with van der Waals surface area (Å²) in [6, 6.07) is 3.52. The molecule has 1 N–H and O–H groups in total. The summed E-state index contributed by atoms with van der Waals surface area (Å²) < 4.78 is 4.90. The van der Waals surface area contributed by atoms with Gasteiger partial charge in [0.05, 0.1) is 7.11 Å². The Morgan fingerprint density at radius 3 is 3.08 bits per heavy atom. The average Bonchev–Trinajstić information content (AvgIpc) is 2.15. The van der Waals surface area contributed by atoms with Crippen molar-refractivity contribution in [2.75, 3.05) is 7.11 Å². The van der Waals surface area contributed by atoms with Gasteiger partial charge in [0.25, 0.3) is 0 Å². The van der Waals surface area contributed by atoms with Crippen LogP contribution in [0.4, 0.5) is 0 Å². The Hall–Kier alpha value is -1.58. The van der Waals surface area contributed by atoms with Crippen LogP contribution in [0, 0.1) is 0 Å². The molecular weight excluding hydrogens is 170 g/mol. The van der Waals surface area contributed by atoms with Crippen molar-refractivity contribution >= 4 is 5.97 Å². The van der Waals surface area contributed by atoms with Crippen LogP contribution in [-0.4, -0.2) is 23.2 Å². The van der Waals surface area contributed by atoms with Gasteiger partial charge < -0.3 is 9.84 Å². The quantitative estimate of drug-likeness (QED) is 0.755. The number of pyridine rings is 1. The molecule has 4 nitrogen and oxygen atoms in total. The maximum atomic E-state index is 10.3. The highest BCUT2D eigenvalue weighted by Crippen LogP contribution is 2.09. The summed E-state index contributed by atoms with van der Waals surface area (Å²) in [6.07, 6.45) is 2.25. The van der Waals surface area contributed by atoms with Crippen molar-refractivity contribution in [2.45, 2.75) is 12.8 Å². The van der Waals surface area contributed by atoms with E-state index in [1.165, 1.54) is 7.11 Å². The molecule has 0 saturated heterocycles. The molecule has 0 spiro atoms. The average molecular weight is 181 g/mol. The summed E-state index contributed by atoms with van der Waals surface area (Å²) >= 11 is 0. The molecule has 1 heterocycles. The monoisotopic (exact) mass is 181 g/mol. The lowest BCUT2D eigenvalue weighted by Crippen LogP contribution is -1.98. The maximum Gasteiger partial charge on any atom is 0.303 e. The van der Waals surface area contributed by atoms with Gasteiger partial charge in [-0.1, -0.05) is 0 Å². The molecule has 0 saturated carbocycles. The van der Waals surface area contributed by atoms with Crippen molar-refractivity contribution in [3.8, 4) is 5.88 Å². The zero-order valence-corrected chi connectivity index (χ0v) is 7.36. The fourth-order valence-electron chi connectivity index (χ4n) is 0.969. The minimum atomic E-state index is -0.796. The van der Waals surface area contributed by atoms with E-state index in [1.807, 2.05) is 0 Å². The van der Waals surface area contributed by atoms with Crippen LogP contribution < -0.4 is 4.74 Å². The molecule has 70 valence electrons. The van der Waals surface area contributed by atoms with Gasteiger partial charge in [0.2, 0.25) is 5.88 Å². The Morgan fingerprint density at radius 1 is 1.69 bits per heavy atom. The number of aromatic nitrogens is 1. The van der Waals surface area contributed by atoms with E-state index < -0.39 is 5.97 Å². The van der Waals surface area contributed by atoms with E-state index in [9.17, 15) is 4.79 Å². The van der Waals surface area contributed by atoms with Gasteiger partial charge in [-0.05, 0) is 18.1 Å². The van der Waals surface area contributed by atoms with E-state index in [2.05, 4.69) is 4.98 Å². The highest BCUT2D eigenvalue weighted by Gasteiger charge is 2.00. The second-order valence-corrected chi connectivity index (χ2v) is 2.60. The van der Waals surface area contributed by atoms with E-state index in [-0.39, 0.29) is 6.42 Å².